The van der Waals surface area contributed by atoms with Crippen molar-refractivity contribution in [2.24, 2.45) is 0 Å². The summed E-state index contributed by atoms with van der Waals surface area (Å²) in [6, 6.07) is 0. The highest BCUT2D eigenvalue weighted by Gasteiger charge is 2.35. The van der Waals surface area contributed by atoms with Crippen molar-refractivity contribution in [3.63, 3.8) is 0 Å². The van der Waals surface area contributed by atoms with Gasteiger partial charge in [-0.15, -0.1) is 11.8 Å². The van der Waals surface area contributed by atoms with Gasteiger partial charge in [-0.05, 0) is 6.42 Å². The molecular weight excluding hydrogens is 446 g/mol. The quantitative estimate of drug-likeness (QED) is 0.208. The van der Waals surface area contributed by atoms with Crippen molar-refractivity contribution in [3.05, 3.63) is 27.0 Å². The molecule has 2 rings (SSSR count). The molecule has 0 aromatic carbocycles. The van der Waals surface area contributed by atoms with Crippen LogP contribution in [0.2, 0.25) is 0 Å². The van der Waals surface area contributed by atoms with E-state index in [1.807, 2.05) is 0 Å². The summed E-state index contributed by atoms with van der Waals surface area (Å²) in [6.07, 6.45) is 10.6. The average Bonchev–Trinajstić information content (AvgIpc) is 3.17. The number of H-pyrrole nitrogens is 1. The number of hydrogen-bond donors (Lipinski definition) is 4. The number of amides is 1. The summed E-state index contributed by atoms with van der Waals surface area (Å²) in [7, 11) is 0. The fourth-order valence-corrected chi connectivity index (χ4v) is 4.66. The van der Waals surface area contributed by atoms with Crippen molar-refractivity contribution >= 4 is 17.7 Å². The van der Waals surface area contributed by atoms with E-state index in [2.05, 4.69) is 17.2 Å². The molecule has 3 atom stereocenters. The molecule has 0 unspecified atom stereocenters. The second-order valence-corrected chi connectivity index (χ2v) is 9.69. The predicted octanol–water partition coefficient (Wildman–Crippen LogP) is 2.31. The van der Waals surface area contributed by atoms with Crippen LogP contribution in [-0.4, -0.2) is 56.8 Å². The molecule has 0 aliphatic carbocycles. The molecule has 1 fully saturated rings. The molecule has 0 spiro atoms. The molecular formula is C23H39N3O6S. The lowest BCUT2D eigenvalue weighted by atomic mass is 10.1. The Morgan fingerprint density at radius 3 is 2.48 bits per heavy atom. The Morgan fingerprint density at radius 1 is 1.18 bits per heavy atom. The van der Waals surface area contributed by atoms with E-state index in [0.717, 1.165) is 12.8 Å². The number of rotatable bonds is 16. The molecule has 10 heteroatoms. The van der Waals surface area contributed by atoms with Crippen LogP contribution in [-0.2, 0) is 9.53 Å². The van der Waals surface area contributed by atoms with E-state index in [4.69, 9.17) is 4.74 Å². The summed E-state index contributed by atoms with van der Waals surface area (Å²) in [5.74, 6) is 0.499. The number of nitrogens with one attached hydrogen (secondary N) is 2. The standard InChI is InChI=1S/C23H39N3O6S/c1-2-3-4-5-6-7-8-9-10-11-20(29)24-12-13-33-19-15-26(23(31)25-22(19)30)21-14-17(28)18(16-27)32-21/h15,17-18,21,27-28H,2-14,16H2,1H3,(H,24,29)(H,25,30,31)/t17-,18+,21+/m0/s1. The summed E-state index contributed by atoms with van der Waals surface area (Å²) in [5.41, 5.74) is -1.13. The summed E-state index contributed by atoms with van der Waals surface area (Å²) >= 11 is 1.24. The molecule has 9 nitrogen and oxygen atoms in total. The van der Waals surface area contributed by atoms with Gasteiger partial charge in [0.2, 0.25) is 5.91 Å². The molecule has 0 saturated carbocycles. The lowest BCUT2D eigenvalue weighted by molar-refractivity contribution is -0.121. The van der Waals surface area contributed by atoms with Crippen LogP contribution in [0.15, 0.2) is 20.7 Å². The van der Waals surface area contributed by atoms with Crippen molar-refractivity contribution in [2.45, 2.75) is 101 Å². The molecule has 1 saturated heterocycles. The minimum atomic E-state index is -0.879. The first kappa shape index (κ1) is 27.6. The number of carbonyl (C=O) groups excluding carboxylic acids is 1. The van der Waals surface area contributed by atoms with Gasteiger partial charge in [0.25, 0.3) is 5.56 Å². The summed E-state index contributed by atoms with van der Waals surface area (Å²) in [5, 5.41) is 22.0. The molecule has 4 N–H and O–H groups in total. The highest BCUT2D eigenvalue weighted by Crippen LogP contribution is 2.27. The molecule has 0 radical (unpaired) electrons. The van der Waals surface area contributed by atoms with E-state index in [1.165, 1.54) is 67.5 Å². The van der Waals surface area contributed by atoms with Crippen molar-refractivity contribution in [2.75, 3.05) is 18.9 Å². The zero-order valence-electron chi connectivity index (χ0n) is 19.6. The molecule has 33 heavy (non-hydrogen) atoms. The normalized spacial score (nSPS) is 20.3. The van der Waals surface area contributed by atoms with Crippen molar-refractivity contribution in [1.29, 1.82) is 0 Å². The molecule has 1 aromatic heterocycles. The fraction of sp³-hybridized carbons (Fsp3) is 0.783. The van der Waals surface area contributed by atoms with Gasteiger partial charge in [0.15, 0.2) is 0 Å². The minimum absolute atomic E-state index is 0.0146. The number of thioether (sulfide) groups is 1. The zero-order valence-corrected chi connectivity index (χ0v) is 20.4. The van der Waals surface area contributed by atoms with Crippen molar-refractivity contribution < 1.29 is 19.7 Å². The van der Waals surface area contributed by atoms with Crippen LogP contribution in [0.4, 0.5) is 0 Å². The average molecular weight is 486 g/mol. The molecule has 1 aliphatic rings. The topological polar surface area (TPSA) is 134 Å². The number of unbranched alkanes of at least 4 members (excludes halogenated alkanes) is 8. The Labute approximate surface area is 199 Å². The lowest BCUT2D eigenvalue weighted by Crippen LogP contribution is -2.33. The minimum Gasteiger partial charge on any atom is -0.394 e. The van der Waals surface area contributed by atoms with Crippen LogP contribution in [0.5, 0.6) is 0 Å². The molecule has 188 valence electrons. The second-order valence-electron chi connectivity index (χ2n) is 8.55. The van der Waals surface area contributed by atoms with Gasteiger partial charge in [-0.3, -0.25) is 19.1 Å². The fourth-order valence-electron chi connectivity index (χ4n) is 3.87. The van der Waals surface area contributed by atoms with Crippen LogP contribution >= 0.6 is 11.8 Å². The Kier molecular flexibility index (Phi) is 12.8. The Bertz CT molecular complexity index is 827. The first-order valence-corrected chi connectivity index (χ1v) is 13.1. The molecule has 1 aliphatic heterocycles. The first-order valence-electron chi connectivity index (χ1n) is 12.2. The SMILES string of the molecule is CCCCCCCCCCCC(=O)NCCSc1cn([C@H]2C[C@H](O)[C@@H](CO)O2)c(=O)[nH]c1=O. The maximum absolute atomic E-state index is 12.1. The van der Waals surface area contributed by atoms with Crippen LogP contribution in [0.3, 0.4) is 0 Å². The van der Waals surface area contributed by atoms with E-state index >= 15 is 0 Å². The van der Waals surface area contributed by atoms with Gasteiger partial charge in [0.1, 0.15) is 12.3 Å². The van der Waals surface area contributed by atoms with Crippen molar-refractivity contribution in [3.8, 4) is 0 Å². The smallest absolute Gasteiger partial charge is 0.330 e. The monoisotopic (exact) mass is 485 g/mol. The maximum Gasteiger partial charge on any atom is 0.330 e. The van der Waals surface area contributed by atoms with Crippen LogP contribution < -0.4 is 16.6 Å². The third kappa shape index (κ3) is 9.64. The highest BCUT2D eigenvalue weighted by atomic mass is 32.2. The number of hydrogen-bond acceptors (Lipinski definition) is 7. The third-order valence-corrected chi connectivity index (χ3v) is 6.83. The van der Waals surface area contributed by atoms with Crippen LogP contribution in [0, 0.1) is 0 Å². The first-order chi connectivity index (χ1) is 16.0. The summed E-state index contributed by atoms with van der Waals surface area (Å²) < 4.78 is 6.73. The van der Waals surface area contributed by atoms with E-state index in [1.54, 1.807) is 0 Å². The van der Waals surface area contributed by atoms with E-state index in [9.17, 15) is 24.6 Å². The van der Waals surface area contributed by atoms with Gasteiger partial charge in [-0.25, -0.2) is 4.79 Å². The molecule has 2 heterocycles. The van der Waals surface area contributed by atoms with Gasteiger partial charge in [-0.2, -0.15) is 0 Å². The number of ether oxygens (including phenoxy) is 1. The van der Waals surface area contributed by atoms with E-state index in [0.29, 0.717) is 23.6 Å². The number of aromatic amines is 1. The van der Waals surface area contributed by atoms with Gasteiger partial charge in [0, 0.05) is 31.3 Å². The number of carbonyl (C=O) groups is 1. The lowest BCUT2D eigenvalue weighted by Gasteiger charge is -2.15. The third-order valence-electron chi connectivity index (χ3n) is 5.82. The summed E-state index contributed by atoms with van der Waals surface area (Å²) in [4.78, 5) is 38.8. The Balaban J connectivity index is 1.65. The highest BCUT2D eigenvalue weighted by molar-refractivity contribution is 7.99. The number of aromatic nitrogens is 2. The van der Waals surface area contributed by atoms with Crippen molar-refractivity contribution in [1.82, 2.24) is 14.9 Å². The zero-order chi connectivity index (χ0) is 24.1. The van der Waals surface area contributed by atoms with Gasteiger partial charge in [0.05, 0.1) is 17.6 Å². The van der Waals surface area contributed by atoms with Crippen LogP contribution in [0.25, 0.3) is 0 Å². The molecule has 0 bridgehead atoms. The number of nitrogens with zero attached hydrogens (tertiary/aromatic N) is 1. The second kappa shape index (κ2) is 15.3. The molecule has 1 aromatic rings. The van der Waals surface area contributed by atoms with Gasteiger partial charge in [-0.1, -0.05) is 58.3 Å². The van der Waals surface area contributed by atoms with E-state index < -0.39 is 29.7 Å². The number of aliphatic hydroxyl groups is 2. The van der Waals surface area contributed by atoms with E-state index in [-0.39, 0.29) is 18.9 Å². The van der Waals surface area contributed by atoms with Crippen LogP contribution in [0.1, 0.15) is 83.8 Å². The van der Waals surface area contributed by atoms with Gasteiger partial charge >= 0.3 is 5.69 Å². The predicted molar refractivity (Wildman–Crippen MR) is 129 cm³/mol. The molecule has 1 amide bonds. The number of aliphatic hydroxyl groups excluding tert-OH is 2. The largest absolute Gasteiger partial charge is 0.394 e. The van der Waals surface area contributed by atoms with Gasteiger partial charge < -0.3 is 20.3 Å². The summed E-state index contributed by atoms with van der Waals surface area (Å²) in [6.45, 7) is 2.29. The Hall–Kier alpha value is -1.62. The maximum atomic E-state index is 12.1. The Morgan fingerprint density at radius 2 is 1.85 bits per heavy atom.